The molecular formula is C23H19ClN2O4. The monoisotopic (exact) mass is 422 g/mol. The van der Waals surface area contributed by atoms with Crippen molar-refractivity contribution in [1.82, 2.24) is 5.43 Å². The molecule has 0 aliphatic heterocycles. The summed E-state index contributed by atoms with van der Waals surface area (Å²) in [4.78, 5) is 23.9. The second-order valence-corrected chi connectivity index (χ2v) is 6.74. The van der Waals surface area contributed by atoms with Crippen molar-refractivity contribution in [3.8, 4) is 11.5 Å². The van der Waals surface area contributed by atoms with Crippen LogP contribution < -0.4 is 14.9 Å². The molecule has 0 saturated heterocycles. The summed E-state index contributed by atoms with van der Waals surface area (Å²) in [5.41, 5.74) is 4.64. The standard InChI is InChI=1S/C23H19ClN2O4/c1-16-6-10-18(11-7-16)23(28)30-19-12-8-17(9-13-19)14-25-26-22(27)15-29-21-5-3-2-4-20(21)24/h2-14H,15H2,1H3,(H,26,27)/b25-14-. The van der Waals surface area contributed by atoms with Gasteiger partial charge in [-0.15, -0.1) is 0 Å². The van der Waals surface area contributed by atoms with Crippen molar-refractivity contribution in [2.75, 3.05) is 6.61 Å². The van der Waals surface area contributed by atoms with Crippen LogP contribution in [0.2, 0.25) is 5.02 Å². The Bertz CT molecular complexity index is 1050. The molecule has 152 valence electrons. The van der Waals surface area contributed by atoms with Gasteiger partial charge in [-0.3, -0.25) is 4.79 Å². The van der Waals surface area contributed by atoms with E-state index in [1.165, 1.54) is 6.21 Å². The Morgan fingerprint density at radius 2 is 1.70 bits per heavy atom. The molecule has 0 aliphatic rings. The minimum atomic E-state index is -0.429. The number of nitrogens with one attached hydrogen (secondary N) is 1. The van der Waals surface area contributed by atoms with Crippen LogP contribution in [-0.4, -0.2) is 24.7 Å². The number of esters is 1. The Hall–Kier alpha value is -3.64. The fraction of sp³-hybridized carbons (Fsp3) is 0.0870. The van der Waals surface area contributed by atoms with Crippen molar-refractivity contribution in [2.24, 2.45) is 5.10 Å². The predicted octanol–water partition coefficient (Wildman–Crippen LogP) is 4.40. The highest BCUT2D eigenvalue weighted by Gasteiger charge is 2.08. The molecule has 3 rings (SSSR count). The van der Waals surface area contributed by atoms with E-state index >= 15 is 0 Å². The highest BCUT2D eigenvalue weighted by molar-refractivity contribution is 6.32. The summed E-state index contributed by atoms with van der Waals surface area (Å²) in [6.07, 6.45) is 1.47. The van der Waals surface area contributed by atoms with E-state index in [0.29, 0.717) is 22.1 Å². The molecule has 6 nitrogen and oxygen atoms in total. The maximum Gasteiger partial charge on any atom is 0.343 e. The molecule has 0 heterocycles. The largest absolute Gasteiger partial charge is 0.482 e. The molecule has 0 radical (unpaired) electrons. The van der Waals surface area contributed by atoms with E-state index in [1.807, 2.05) is 19.1 Å². The minimum absolute atomic E-state index is 0.213. The number of ether oxygens (including phenoxy) is 2. The lowest BCUT2D eigenvalue weighted by Crippen LogP contribution is -2.24. The average Bonchev–Trinajstić information content (AvgIpc) is 2.75. The van der Waals surface area contributed by atoms with Crippen LogP contribution >= 0.6 is 11.6 Å². The minimum Gasteiger partial charge on any atom is -0.482 e. The number of rotatable bonds is 7. The highest BCUT2D eigenvalue weighted by atomic mass is 35.5. The summed E-state index contributed by atoms with van der Waals surface area (Å²) in [5, 5.41) is 4.31. The molecule has 0 saturated carbocycles. The number of halogens is 1. The van der Waals surface area contributed by atoms with Gasteiger partial charge in [0, 0.05) is 0 Å². The molecule has 0 unspecified atom stereocenters. The van der Waals surface area contributed by atoms with Gasteiger partial charge in [0.05, 0.1) is 16.8 Å². The third-order valence-corrected chi connectivity index (χ3v) is 4.29. The average molecular weight is 423 g/mol. The topological polar surface area (TPSA) is 77.0 Å². The first-order valence-corrected chi connectivity index (χ1v) is 9.47. The van der Waals surface area contributed by atoms with Crippen LogP contribution in [0, 0.1) is 6.92 Å². The molecule has 30 heavy (non-hydrogen) atoms. The van der Waals surface area contributed by atoms with E-state index in [1.54, 1.807) is 60.7 Å². The maximum atomic E-state index is 12.1. The molecule has 3 aromatic rings. The molecule has 3 aromatic carbocycles. The first-order valence-electron chi connectivity index (χ1n) is 9.09. The van der Waals surface area contributed by atoms with Gasteiger partial charge in [0.2, 0.25) is 0 Å². The maximum absolute atomic E-state index is 12.1. The van der Waals surface area contributed by atoms with Gasteiger partial charge in [0.25, 0.3) is 5.91 Å². The van der Waals surface area contributed by atoms with Gasteiger partial charge in [-0.05, 0) is 61.0 Å². The molecule has 0 spiro atoms. The van der Waals surface area contributed by atoms with Gasteiger partial charge < -0.3 is 9.47 Å². The normalized spacial score (nSPS) is 10.6. The summed E-state index contributed by atoms with van der Waals surface area (Å²) < 4.78 is 10.7. The molecule has 0 fully saturated rings. The summed E-state index contributed by atoms with van der Waals surface area (Å²) >= 11 is 5.96. The van der Waals surface area contributed by atoms with Crippen LogP contribution in [0.5, 0.6) is 11.5 Å². The summed E-state index contributed by atoms with van der Waals surface area (Å²) in [5.74, 6) is -0.0130. The quantitative estimate of drug-likeness (QED) is 0.265. The van der Waals surface area contributed by atoms with E-state index in [0.717, 1.165) is 11.1 Å². The zero-order valence-corrected chi connectivity index (χ0v) is 16.9. The number of carbonyl (C=O) groups is 2. The van der Waals surface area contributed by atoms with Gasteiger partial charge in [0.15, 0.2) is 6.61 Å². The number of hydrazone groups is 1. The predicted molar refractivity (Wildman–Crippen MR) is 115 cm³/mol. The third kappa shape index (κ3) is 6.18. The summed E-state index contributed by atoms with van der Waals surface area (Å²) in [6.45, 7) is 1.73. The number of hydrogen-bond acceptors (Lipinski definition) is 5. The first kappa shape index (κ1) is 21.1. The third-order valence-electron chi connectivity index (χ3n) is 3.98. The van der Waals surface area contributed by atoms with E-state index in [4.69, 9.17) is 21.1 Å². The highest BCUT2D eigenvalue weighted by Crippen LogP contribution is 2.22. The van der Waals surface area contributed by atoms with Gasteiger partial charge >= 0.3 is 5.97 Å². The Kier molecular flexibility index (Phi) is 7.19. The van der Waals surface area contributed by atoms with Crippen LogP contribution in [0.3, 0.4) is 0 Å². The van der Waals surface area contributed by atoms with Crippen LogP contribution in [0.1, 0.15) is 21.5 Å². The first-order chi connectivity index (χ1) is 14.5. The van der Waals surface area contributed by atoms with Crippen LogP contribution in [0.15, 0.2) is 77.9 Å². The zero-order chi connectivity index (χ0) is 21.3. The smallest absolute Gasteiger partial charge is 0.343 e. The van der Waals surface area contributed by atoms with E-state index < -0.39 is 11.9 Å². The Balaban J connectivity index is 1.47. The van der Waals surface area contributed by atoms with Gasteiger partial charge in [-0.2, -0.15) is 5.10 Å². The number of aryl methyl sites for hydroxylation is 1. The lowest BCUT2D eigenvalue weighted by Gasteiger charge is -2.06. The van der Waals surface area contributed by atoms with Gasteiger partial charge in [0.1, 0.15) is 11.5 Å². The lowest BCUT2D eigenvalue weighted by atomic mass is 10.1. The van der Waals surface area contributed by atoms with E-state index in [2.05, 4.69) is 10.5 Å². The van der Waals surface area contributed by atoms with Crippen LogP contribution in [0.25, 0.3) is 0 Å². The van der Waals surface area contributed by atoms with Crippen LogP contribution in [-0.2, 0) is 4.79 Å². The second-order valence-electron chi connectivity index (χ2n) is 6.34. The number of nitrogens with zero attached hydrogens (tertiary/aromatic N) is 1. The van der Waals surface area contributed by atoms with E-state index in [9.17, 15) is 9.59 Å². The van der Waals surface area contributed by atoms with E-state index in [-0.39, 0.29) is 6.61 Å². The van der Waals surface area contributed by atoms with Crippen molar-refractivity contribution in [3.63, 3.8) is 0 Å². The Morgan fingerprint density at radius 1 is 1.00 bits per heavy atom. The number of amides is 1. The molecule has 1 amide bonds. The van der Waals surface area contributed by atoms with Crippen molar-refractivity contribution in [3.05, 3.63) is 94.5 Å². The molecule has 0 aliphatic carbocycles. The molecule has 0 aromatic heterocycles. The number of para-hydroxylation sites is 1. The summed E-state index contributed by atoms with van der Waals surface area (Å²) in [7, 11) is 0. The lowest BCUT2D eigenvalue weighted by molar-refractivity contribution is -0.123. The molecular weight excluding hydrogens is 404 g/mol. The number of hydrogen-bond donors (Lipinski definition) is 1. The van der Waals surface area contributed by atoms with Crippen molar-refractivity contribution in [1.29, 1.82) is 0 Å². The fourth-order valence-electron chi connectivity index (χ4n) is 2.39. The van der Waals surface area contributed by atoms with Gasteiger partial charge in [-0.1, -0.05) is 41.4 Å². The van der Waals surface area contributed by atoms with Crippen molar-refractivity contribution < 1.29 is 19.1 Å². The van der Waals surface area contributed by atoms with Crippen molar-refractivity contribution >= 4 is 29.7 Å². The molecule has 0 bridgehead atoms. The van der Waals surface area contributed by atoms with Crippen molar-refractivity contribution in [2.45, 2.75) is 6.92 Å². The van der Waals surface area contributed by atoms with Crippen LogP contribution in [0.4, 0.5) is 0 Å². The summed E-state index contributed by atoms with van der Waals surface area (Å²) in [6, 6.07) is 20.8. The number of benzene rings is 3. The Morgan fingerprint density at radius 3 is 2.40 bits per heavy atom. The zero-order valence-electron chi connectivity index (χ0n) is 16.2. The SMILES string of the molecule is Cc1ccc(C(=O)Oc2ccc(/C=N\NC(=O)COc3ccccc3Cl)cc2)cc1. The Labute approximate surface area is 179 Å². The molecule has 0 atom stereocenters. The molecule has 1 N–H and O–H groups in total. The number of carbonyl (C=O) groups excluding carboxylic acids is 2. The fourth-order valence-corrected chi connectivity index (χ4v) is 2.58. The second kappa shape index (κ2) is 10.2. The van der Waals surface area contributed by atoms with Gasteiger partial charge in [-0.25, -0.2) is 10.2 Å². The molecule has 7 heteroatoms.